The van der Waals surface area contributed by atoms with Crippen LogP contribution in [0.1, 0.15) is 11.1 Å². The Hall–Kier alpha value is -3.65. The van der Waals surface area contributed by atoms with E-state index in [2.05, 4.69) is 49.7 Å². The van der Waals surface area contributed by atoms with Crippen molar-refractivity contribution in [3.05, 3.63) is 65.6 Å². The van der Waals surface area contributed by atoms with E-state index in [0.717, 1.165) is 36.3 Å². The standard InChI is InChI=1S/C23H23FN6O/c1-30-9-7-14-11-20(31-2)19(10-15(14)13-30)27-23-28-21-18(6-8-25-21)22(29-23)26-17-5-3-4-16(24)12-17/h3-6,8,10-12H,7,9,13H2,1-2H3,(H3,25,26,27,28,29). The predicted octanol–water partition coefficient (Wildman–Crippen LogP) is 4.58. The molecule has 0 aliphatic carbocycles. The van der Waals surface area contributed by atoms with Crippen molar-refractivity contribution < 1.29 is 9.13 Å². The molecule has 1 aliphatic heterocycles. The molecule has 0 saturated heterocycles. The molecule has 3 N–H and O–H groups in total. The average molecular weight is 418 g/mol. The van der Waals surface area contributed by atoms with Gasteiger partial charge in [-0.15, -0.1) is 0 Å². The Morgan fingerprint density at radius 3 is 2.84 bits per heavy atom. The van der Waals surface area contributed by atoms with Crippen LogP contribution in [0.15, 0.2) is 48.7 Å². The molecule has 7 nitrogen and oxygen atoms in total. The molecular weight excluding hydrogens is 395 g/mol. The third-order valence-corrected chi connectivity index (χ3v) is 5.47. The predicted molar refractivity (Wildman–Crippen MR) is 120 cm³/mol. The molecule has 0 radical (unpaired) electrons. The van der Waals surface area contributed by atoms with Gasteiger partial charge in [-0.2, -0.15) is 9.97 Å². The van der Waals surface area contributed by atoms with Crippen molar-refractivity contribution in [2.75, 3.05) is 31.3 Å². The highest BCUT2D eigenvalue weighted by molar-refractivity contribution is 5.90. The number of methoxy groups -OCH3 is 1. The molecule has 5 rings (SSSR count). The number of nitrogens with zero attached hydrogens (tertiary/aromatic N) is 3. The quantitative estimate of drug-likeness (QED) is 0.440. The zero-order valence-corrected chi connectivity index (χ0v) is 17.4. The van der Waals surface area contributed by atoms with Crippen molar-refractivity contribution in [1.82, 2.24) is 19.9 Å². The molecule has 2 aromatic carbocycles. The van der Waals surface area contributed by atoms with E-state index in [1.54, 1.807) is 25.4 Å². The molecule has 0 amide bonds. The van der Waals surface area contributed by atoms with Gasteiger partial charge in [-0.3, -0.25) is 0 Å². The molecule has 0 saturated carbocycles. The summed E-state index contributed by atoms with van der Waals surface area (Å²) >= 11 is 0. The first-order valence-electron chi connectivity index (χ1n) is 10.1. The van der Waals surface area contributed by atoms with Crippen molar-refractivity contribution >= 4 is 34.2 Å². The van der Waals surface area contributed by atoms with Gasteiger partial charge in [-0.1, -0.05) is 6.07 Å². The summed E-state index contributed by atoms with van der Waals surface area (Å²) in [6, 6.07) is 12.4. The first-order chi connectivity index (χ1) is 15.1. The molecule has 8 heteroatoms. The minimum atomic E-state index is -0.313. The Morgan fingerprint density at radius 1 is 1.10 bits per heavy atom. The van der Waals surface area contributed by atoms with Crippen LogP contribution in [0.5, 0.6) is 5.75 Å². The summed E-state index contributed by atoms with van der Waals surface area (Å²) in [6.45, 7) is 1.92. The normalized spacial score (nSPS) is 13.8. The molecule has 0 unspecified atom stereocenters. The zero-order valence-electron chi connectivity index (χ0n) is 17.4. The summed E-state index contributed by atoms with van der Waals surface area (Å²) in [5.41, 5.74) is 4.65. The number of aromatic amines is 1. The Morgan fingerprint density at radius 2 is 2.00 bits per heavy atom. The maximum atomic E-state index is 13.6. The number of fused-ring (bicyclic) bond motifs is 2. The maximum absolute atomic E-state index is 13.6. The van der Waals surface area contributed by atoms with Crippen LogP contribution in [0, 0.1) is 5.82 Å². The molecule has 4 aromatic rings. The van der Waals surface area contributed by atoms with Crippen molar-refractivity contribution in [1.29, 1.82) is 0 Å². The van der Waals surface area contributed by atoms with Gasteiger partial charge in [0.25, 0.3) is 0 Å². The Labute approximate surface area is 179 Å². The molecule has 1 aliphatic rings. The van der Waals surface area contributed by atoms with E-state index in [1.807, 2.05) is 6.07 Å². The lowest BCUT2D eigenvalue weighted by atomic mass is 9.99. The van der Waals surface area contributed by atoms with Gasteiger partial charge in [-0.05, 0) is 61.0 Å². The van der Waals surface area contributed by atoms with Crippen LogP contribution in [0.2, 0.25) is 0 Å². The summed E-state index contributed by atoms with van der Waals surface area (Å²) in [7, 11) is 3.78. The van der Waals surface area contributed by atoms with E-state index in [4.69, 9.17) is 4.74 Å². The molecule has 0 fully saturated rings. The zero-order chi connectivity index (χ0) is 21.4. The Balaban J connectivity index is 1.52. The second kappa shape index (κ2) is 7.88. The number of halogens is 1. The number of rotatable bonds is 5. The summed E-state index contributed by atoms with van der Waals surface area (Å²) in [6.07, 6.45) is 2.80. The number of anilines is 4. The largest absolute Gasteiger partial charge is 0.495 e. The summed E-state index contributed by atoms with van der Waals surface area (Å²) < 4.78 is 19.3. The molecule has 0 spiro atoms. The second-order valence-corrected chi connectivity index (χ2v) is 7.71. The van der Waals surface area contributed by atoms with Crippen molar-refractivity contribution in [2.24, 2.45) is 0 Å². The van der Waals surface area contributed by atoms with Crippen LogP contribution in [0.4, 0.5) is 27.5 Å². The van der Waals surface area contributed by atoms with Gasteiger partial charge >= 0.3 is 0 Å². The van der Waals surface area contributed by atoms with Crippen LogP contribution in [0.25, 0.3) is 11.0 Å². The second-order valence-electron chi connectivity index (χ2n) is 7.71. The minimum Gasteiger partial charge on any atom is -0.495 e. The number of nitrogens with one attached hydrogen (secondary N) is 3. The van der Waals surface area contributed by atoms with Crippen LogP contribution >= 0.6 is 0 Å². The van der Waals surface area contributed by atoms with E-state index in [9.17, 15) is 4.39 Å². The molecule has 3 heterocycles. The number of ether oxygens (including phenoxy) is 1. The van der Waals surface area contributed by atoms with Crippen molar-refractivity contribution in [3.8, 4) is 5.75 Å². The first kappa shape index (κ1) is 19.3. The third kappa shape index (κ3) is 3.89. The Kier molecular flexibility index (Phi) is 4.91. The molecule has 158 valence electrons. The van der Waals surface area contributed by atoms with E-state index < -0.39 is 0 Å². The molecule has 0 bridgehead atoms. The van der Waals surface area contributed by atoms with Gasteiger partial charge in [0, 0.05) is 25.0 Å². The minimum absolute atomic E-state index is 0.313. The van der Waals surface area contributed by atoms with Gasteiger partial charge < -0.3 is 25.3 Å². The van der Waals surface area contributed by atoms with E-state index in [-0.39, 0.29) is 5.82 Å². The first-order valence-corrected chi connectivity index (χ1v) is 10.1. The highest BCUT2D eigenvalue weighted by atomic mass is 19.1. The average Bonchev–Trinajstić information content (AvgIpc) is 3.22. The SMILES string of the molecule is COc1cc2c(cc1Nc1nc(Nc3cccc(F)c3)c3cc[nH]c3n1)CN(C)CC2. The van der Waals surface area contributed by atoms with Gasteiger partial charge in [-0.25, -0.2) is 4.39 Å². The smallest absolute Gasteiger partial charge is 0.231 e. The van der Waals surface area contributed by atoms with Crippen LogP contribution in [-0.2, 0) is 13.0 Å². The van der Waals surface area contributed by atoms with Crippen LogP contribution < -0.4 is 15.4 Å². The van der Waals surface area contributed by atoms with Crippen molar-refractivity contribution in [2.45, 2.75) is 13.0 Å². The highest BCUT2D eigenvalue weighted by Gasteiger charge is 2.18. The highest BCUT2D eigenvalue weighted by Crippen LogP contribution is 2.34. The monoisotopic (exact) mass is 418 g/mol. The summed E-state index contributed by atoms with van der Waals surface area (Å²) in [5.74, 6) is 1.43. The fraction of sp³-hybridized carbons (Fsp3) is 0.217. The fourth-order valence-electron chi connectivity index (χ4n) is 3.91. The molecular formula is C23H23FN6O. The number of hydrogen-bond acceptors (Lipinski definition) is 6. The number of H-pyrrole nitrogens is 1. The van der Waals surface area contributed by atoms with Gasteiger partial charge in [0.05, 0.1) is 18.2 Å². The fourth-order valence-corrected chi connectivity index (χ4v) is 3.91. The lowest BCUT2D eigenvalue weighted by Crippen LogP contribution is -2.26. The number of aromatic nitrogens is 3. The molecule has 31 heavy (non-hydrogen) atoms. The van der Waals surface area contributed by atoms with Gasteiger partial charge in [0.15, 0.2) is 0 Å². The van der Waals surface area contributed by atoms with E-state index in [0.29, 0.717) is 23.1 Å². The van der Waals surface area contributed by atoms with Crippen LogP contribution in [-0.4, -0.2) is 40.6 Å². The lowest BCUT2D eigenvalue weighted by molar-refractivity contribution is 0.312. The Bertz CT molecular complexity index is 1250. The third-order valence-electron chi connectivity index (χ3n) is 5.47. The van der Waals surface area contributed by atoms with E-state index >= 15 is 0 Å². The summed E-state index contributed by atoms with van der Waals surface area (Å²) in [5, 5.41) is 7.32. The molecule has 0 atom stereocenters. The lowest BCUT2D eigenvalue weighted by Gasteiger charge is -2.26. The van der Waals surface area contributed by atoms with Gasteiger partial charge in [0.1, 0.15) is 23.0 Å². The topological polar surface area (TPSA) is 78.1 Å². The molecule has 2 aromatic heterocycles. The van der Waals surface area contributed by atoms with Crippen LogP contribution in [0.3, 0.4) is 0 Å². The number of hydrogen-bond donors (Lipinski definition) is 3. The maximum Gasteiger partial charge on any atom is 0.231 e. The van der Waals surface area contributed by atoms with Crippen molar-refractivity contribution in [3.63, 3.8) is 0 Å². The number of likely N-dealkylation sites (N-methyl/N-ethyl adjacent to an activating group) is 1. The summed E-state index contributed by atoms with van der Waals surface area (Å²) in [4.78, 5) is 14.7. The number of benzene rings is 2. The van der Waals surface area contributed by atoms with Gasteiger partial charge in [0.2, 0.25) is 5.95 Å². The van der Waals surface area contributed by atoms with E-state index in [1.165, 1.54) is 23.3 Å².